The number of hydrogen-bond acceptors (Lipinski definition) is 3. The topological polar surface area (TPSA) is 44.5 Å². The summed E-state index contributed by atoms with van der Waals surface area (Å²) in [5.74, 6) is -0.327. The number of benzene rings is 2. The minimum absolute atomic E-state index is 0.108. The van der Waals surface area contributed by atoms with Crippen LogP contribution in [0.15, 0.2) is 36.4 Å². The van der Waals surface area contributed by atoms with Crippen LogP contribution in [0.25, 0.3) is 0 Å². The number of hydrogen-bond donors (Lipinski definition) is 1. The van der Waals surface area contributed by atoms with Crippen LogP contribution in [0.4, 0.5) is 8.78 Å². The van der Waals surface area contributed by atoms with E-state index in [0.717, 1.165) is 5.56 Å². The Bertz CT molecular complexity index is 597. The van der Waals surface area contributed by atoms with Gasteiger partial charge in [-0.15, -0.1) is 0 Å². The lowest BCUT2D eigenvalue weighted by molar-refractivity contribution is 0.261. The van der Waals surface area contributed by atoms with Crippen LogP contribution < -0.4 is 15.2 Å². The van der Waals surface area contributed by atoms with Crippen LogP contribution in [0.1, 0.15) is 18.1 Å². The first kappa shape index (κ1) is 15.3. The largest absolute Gasteiger partial charge is 0.490 e. The first-order valence-corrected chi connectivity index (χ1v) is 6.67. The van der Waals surface area contributed by atoms with E-state index in [1.54, 1.807) is 18.2 Å². The molecule has 0 heterocycles. The zero-order valence-corrected chi connectivity index (χ0v) is 11.7. The molecule has 0 aliphatic carbocycles. The summed E-state index contributed by atoms with van der Waals surface area (Å²) in [4.78, 5) is 0. The van der Waals surface area contributed by atoms with E-state index in [1.807, 2.05) is 6.92 Å². The van der Waals surface area contributed by atoms with Crippen molar-refractivity contribution in [2.75, 3.05) is 6.61 Å². The van der Waals surface area contributed by atoms with Crippen LogP contribution in [0.2, 0.25) is 0 Å². The highest BCUT2D eigenvalue weighted by Crippen LogP contribution is 2.29. The molecule has 2 N–H and O–H groups in total. The van der Waals surface area contributed by atoms with Crippen LogP contribution >= 0.6 is 0 Å². The van der Waals surface area contributed by atoms with Crippen molar-refractivity contribution in [3.63, 3.8) is 0 Å². The van der Waals surface area contributed by atoms with Crippen LogP contribution in [0.5, 0.6) is 11.5 Å². The molecule has 0 aliphatic heterocycles. The maximum atomic E-state index is 13.6. The molecule has 0 aliphatic rings. The van der Waals surface area contributed by atoms with E-state index < -0.39 is 11.6 Å². The molecule has 0 fully saturated rings. The lowest BCUT2D eigenvalue weighted by Crippen LogP contribution is -2.04. The normalized spacial score (nSPS) is 10.5. The minimum Gasteiger partial charge on any atom is -0.490 e. The molecule has 0 amide bonds. The molecule has 112 valence electrons. The van der Waals surface area contributed by atoms with Crippen LogP contribution in [0, 0.1) is 11.6 Å². The zero-order valence-electron chi connectivity index (χ0n) is 11.7. The van der Waals surface area contributed by atoms with Crippen molar-refractivity contribution in [3.8, 4) is 11.5 Å². The lowest BCUT2D eigenvalue weighted by Gasteiger charge is -2.13. The quantitative estimate of drug-likeness (QED) is 0.887. The predicted molar refractivity (Wildman–Crippen MR) is 76.2 cm³/mol. The highest BCUT2D eigenvalue weighted by Gasteiger charge is 2.11. The highest BCUT2D eigenvalue weighted by atomic mass is 19.1. The second-order valence-electron chi connectivity index (χ2n) is 4.41. The van der Waals surface area contributed by atoms with Gasteiger partial charge in [0.25, 0.3) is 0 Å². The Morgan fingerprint density at radius 2 is 1.71 bits per heavy atom. The maximum absolute atomic E-state index is 13.6. The third-order valence-corrected chi connectivity index (χ3v) is 2.98. The molecule has 2 aromatic carbocycles. The van der Waals surface area contributed by atoms with Crippen LogP contribution in [0.3, 0.4) is 0 Å². The monoisotopic (exact) mass is 293 g/mol. The van der Waals surface area contributed by atoms with Gasteiger partial charge in [-0.3, -0.25) is 0 Å². The number of ether oxygens (including phenoxy) is 2. The first-order valence-electron chi connectivity index (χ1n) is 6.67. The molecule has 21 heavy (non-hydrogen) atoms. The van der Waals surface area contributed by atoms with E-state index in [2.05, 4.69) is 0 Å². The molecule has 0 atom stereocenters. The minimum atomic E-state index is -0.633. The average molecular weight is 293 g/mol. The van der Waals surface area contributed by atoms with Crippen LogP contribution in [-0.4, -0.2) is 6.61 Å². The summed E-state index contributed by atoms with van der Waals surface area (Å²) in [5, 5.41) is 0. The summed E-state index contributed by atoms with van der Waals surface area (Å²) < 4.78 is 38.1. The molecule has 0 radical (unpaired) electrons. The molecule has 2 aromatic rings. The van der Waals surface area contributed by atoms with E-state index in [9.17, 15) is 8.78 Å². The van der Waals surface area contributed by atoms with Gasteiger partial charge in [-0.2, -0.15) is 0 Å². The Hall–Kier alpha value is -2.14. The Kier molecular flexibility index (Phi) is 5.11. The van der Waals surface area contributed by atoms with Gasteiger partial charge >= 0.3 is 0 Å². The van der Waals surface area contributed by atoms with Crippen molar-refractivity contribution in [2.24, 2.45) is 5.73 Å². The maximum Gasteiger partial charge on any atom is 0.161 e. The summed E-state index contributed by atoms with van der Waals surface area (Å²) in [5.41, 5.74) is 6.36. The van der Waals surface area contributed by atoms with Gasteiger partial charge < -0.3 is 15.2 Å². The highest BCUT2D eigenvalue weighted by molar-refractivity contribution is 5.43. The van der Waals surface area contributed by atoms with Crippen LogP contribution in [-0.2, 0) is 13.2 Å². The fraction of sp³-hybridized carbons (Fsp3) is 0.250. The Labute approximate surface area is 122 Å². The molecule has 0 saturated heterocycles. The fourth-order valence-electron chi connectivity index (χ4n) is 1.89. The van der Waals surface area contributed by atoms with Crippen molar-refractivity contribution in [3.05, 3.63) is 59.2 Å². The second kappa shape index (κ2) is 7.04. The Balaban J connectivity index is 2.19. The lowest BCUT2D eigenvalue weighted by atomic mass is 10.2. The molecule has 5 heteroatoms. The van der Waals surface area contributed by atoms with Gasteiger partial charge in [0, 0.05) is 6.54 Å². The van der Waals surface area contributed by atoms with Gasteiger partial charge in [0.05, 0.1) is 12.2 Å². The van der Waals surface area contributed by atoms with Crippen molar-refractivity contribution >= 4 is 0 Å². The summed E-state index contributed by atoms with van der Waals surface area (Å²) in [6.07, 6.45) is 0. The van der Waals surface area contributed by atoms with E-state index in [0.29, 0.717) is 24.7 Å². The SMILES string of the molecule is CCOc1cc(CN)ccc1OCc1c(F)cccc1F. The van der Waals surface area contributed by atoms with Gasteiger partial charge in [-0.25, -0.2) is 8.78 Å². The molecule has 2 rings (SSSR count). The van der Waals surface area contributed by atoms with Gasteiger partial charge in [0.15, 0.2) is 11.5 Å². The molecule has 0 bridgehead atoms. The van der Waals surface area contributed by atoms with Gasteiger partial charge in [-0.1, -0.05) is 12.1 Å². The molecular formula is C16H17F2NO2. The molecule has 0 spiro atoms. The fourth-order valence-corrected chi connectivity index (χ4v) is 1.89. The van der Waals surface area contributed by atoms with Crippen molar-refractivity contribution in [1.29, 1.82) is 0 Å². The van der Waals surface area contributed by atoms with Crippen molar-refractivity contribution in [2.45, 2.75) is 20.1 Å². The molecule has 0 saturated carbocycles. The Morgan fingerprint density at radius 3 is 2.33 bits per heavy atom. The first-order chi connectivity index (χ1) is 10.2. The average Bonchev–Trinajstić information content (AvgIpc) is 2.48. The predicted octanol–water partition coefficient (Wildman–Crippen LogP) is 3.40. The standard InChI is InChI=1S/C16H17F2NO2/c1-2-20-16-8-11(9-19)6-7-15(16)21-10-12-13(17)4-3-5-14(12)18/h3-8H,2,9-10,19H2,1H3. The molecule has 0 aromatic heterocycles. The number of rotatable bonds is 6. The van der Waals surface area contributed by atoms with Gasteiger partial charge in [0.2, 0.25) is 0 Å². The molecule has 0 unspecified atom stereocenters. The van der Waals surface area contributed by atoms with Crippen molar-refractivity contribution in [1.82, 2.24) is 0 Å². The van der Waals surface area contributed by atoms with E-state index in [1.165, 1.54) is 18.2 Å². The van der Waals surface area contributed by atoms with E-state index in [-0.39, 0.29) is 12.2 Å². The summed E-state index contributed by atoms with van der Waals surface area (Å²) in [6.45, 7) is 2.47. The second-order valence-corrected chi connectivity index (χ2v) is 4.41. The smallest absolute Gasteiger partial charge is 0.161 e. The summed E-state index contributed by atoms with van der Waals surface area (Å²) in [7, 11) is 0. The van der Waals surface area contributed by atoms with Gasteiger partial charge in [0.1, 0.15) is 18.2 Å². The summed E-state index contributed by atoms with van der Waals surface area (Å²) >= 11 is 0. The third-order valence-electron chi connectivity index (χ3n) is 2.98. The third kappa shape index (κ3) is 3.70. The number of halogens is 2. The van der Waals surface area contributed by atoms with E-state index in [4.69, 9.17) is 15.2 Å². The van der Waals surface area contributed by atoms with Crippen molar-refractivity contribution < 1.29 is 18.3 Å². The Morgan fingerprint density at radius 1 is 1.00 bits per heavy atom. The summed E-state index contributed by atoms with van der Waals surface area (Å²) in [6, 6.07) is 8.94. The van der Waals surface area contributed by atoms with E-state index >= 15 is 0 Å². The molecular weight excluding hydrogens is 276 g/mol. The zero-order chi connectivity index (χ0) is 15.2. The molecule has 3 nitrogen and oxygen atoms in total. The number of nitrogens with two attached hydrogens (primary N) is 1. The van der Waals surface area contributed by atoms with Gasteiger partial charge in [-0.05, 0) is 36.8 Å².